The third kappa shape index (κ3) is 4.40. The van der Waals surface area contributed by atoms with E-state index < -0.39 is 17.4 Å². The van der Waals surface area contributed by atoms with Crippen LogP contribution in [0.4, 0.5) is 10.1 Å². The molecule has 0 spiro atoms. The summed E-state index contributed by atoms with van der Waals surface area (Å²) in [5, 5.41) is 3.12. The third-order valence-electron chi connectivity index (χ3n) is 3.66. The molecular formula is C19H13BrFNO5. The lowest BCUT2D eigenvalue weighted by Crippen LogP contribution is -2.10. The summed E-state index contributed by atoms with van der Waals surface area (Å²) >= 11 is 3.11. The minimum atomic E-state index is -0.851. The van der Waals surface area contributed by atoms with Gasteiger partial charge in [0.05, 0.1) is 5.56 Å². The average Bonchev–Trinajstić information content (AvgIpc) is 2.58. The molecule has 138 valence electrons. The van der Waals surface area contributed by atoms with Gasteiger partial charge in [-0.25, -0.2) is 14.0 Å². The summed E-state index contributed by atoms with van der Waals surface area (Å²) in [4.78, 5) is 35.1. The second kappa shape index (κ2) is 7.71. The number of benzene rings is 2. The van der Waals surface area contributed by atoms with Crippen molar-refractivity contribution in [2.24, 2.45) is 0 Å². The molecule has 6 nitrogen and oxygen atoms in total. The standard InChI is InChI=1S/C19H13BrFNO5/c1-10(23)22-13-3-5-14-11(6-18(24)27-17(14)8-13)9-26-19(25)15-4-2-12(20)7-16(15)21/h2-8H,9H2,1H3,(H,22,23). The predicted octanol–water partition coefficient (Wildman–Crippen LogP) is 4.01. The van der Waals surface area contributed by atoms with Crippen molar-refractivity contribution in [3.63, 3.8) is 0 Å². The Hall–Kier alpha value is -3.00. The van der Waals surface area contributed by atoms with E-state index >= 15 is 0 Å². The fourth-order valence-electron chi connectivity index (χ4n) is 2.51. The summed E-state index contributed by atoms with van der Waals surface area (Å²) in [7, 11) is 0. The van der Waals surface area contributed by atoms with Crippen molar-refractivity contribution in [3.8, 4) is 0 Å². The quantitative estimate of drug-likeness (QED) is 0.496. The largest absolute Gasteiger partial charge is 0.457 e. The molecule has 0 radical (unpaired) electrons. The van der Waals surface area contributed by atoms with Gasteiger partial charge in [0.2, 0.25) is 5.91 Å². The van der Waals surface area contributed by atoms with Crippen LogP contribution in [0.2, 0.25) is 0 Å². The molecule has 0 aliphatic rings. The van der Waals surface area contributed by atoms with Gasteiger partial charge in [-0.1, -0.05) is 15.9 Å². The molecule has 1 heterocycles. The zero-order valence-electron chi connectivity index (χ0n) is 14.0. The SMILES string of the molecule is CC(=O)Nc1ccc2c(COC(=O)c3ccc(Br)cc3F)cc(=O)oc2c1. The van der Waals surface area contributed by atoms with Crippen LogP contribution in [-0.4, -0.2) is 11.9 Å². The average molecular weight is 434 g/mol. The molecule has 0 unspecified atom stereocenters. The number of halogens is 2. The van der Waals surface area contributed by atoms with E-state index in [-0.39, 0.29) is 23.7 Å². The van der Waals surface area contributed by atoms with Gasteiger partial charge in [0.1, 0.15) is 18.0 Å². The molecule has 0 aliphatic carbocycles. The minimum Gasteiger partial charge on any atom is -0.457 e. The number of anilines is 1. The van der Waals surface area contributed by atoms with Crippen LogP contribution in [0.15, 0.2) is 56.1 Å². The molecule has 0 atom stereocenters. The second-order valence-corrected chi connectivity index (χ2v) is 6.60. The molecule has 1 amide bonds. The van der Waals surface area contributed by atoms with Gasteiger partial charge in [0, 0.05) is 40.2 Å². The molecule has 1 N–H and O–H groups in total. The molecule has 0 fully saturated rings. The Labute approximate surface area is 161 Å². The number of carbonyl (C=O) groups excluding carboxylic acids is 2. The van der Waals surface area contributed by atoms with Crippen molar-refractivity contribution >= 4 is 44.5 Å². The summed E-state index contributed by atoms with van der Waals surface area (Å²) in [5.41, 5.74) is 0.252. The van der Waals surface area contributed by atoms with Gasteiger partial charge in [-0.2, -0.15) is 0 Å². The maximum atomic E-state index is 13.9. The molecule has 8 heteroatoms. The van der Waals surface area contributed by atoms with Gasteiger partial charge >= 0.3 is 11.6 Å². The van der Waals surface area contributed by atoms with E-state index in [2.05, 4.69) is 21.2 Å². The highest BCUT2D eigenvalue weighted by atomic mass is 79.9. The van der Waals surface area contributed by atoms with E-state index in [9.17, 15) is 18.8 Å². The first-order valence-corrected chi connectivity index (χ1v) is 8.59. The topological polar surface area (TPSA) is 85.6 Å². The summed E-state index contributed by atoms with van der Waals surface area (Å²) in [6.07, 6.45) is 0. The first kappa shape index (κ1) is 18.8. The van der Waals surface area contributed by atoms with Crippen molar-refractivity contribution in [1.82, 2.24) is 0 Å². The maximum absolute atomic E-state index is 13.9. The molecule has 0 bridgehead atoms. The maximum Gasteiger partial charge on any atom is 0.341 e. The van der Waals surface area contributed by atoms with Crippen molar-refractivity contribution in [1.29, 1.82) is 0 Å². The highest BCUT2D eigenvalue weighted by molar-refractivity contribution is 9.10. The van der Waals surface area contributed by atoms with Crippen molar-refractivity contribution in [2.45, 2.75) is 13.5 Å². The van der Waals surface area contributed by atoms with E-state index in [0.29, 0.717) is 21.1 Å². The Morgan fingerprint density at radius 1 is 1.19 bits per heavy atom. The number of hydrogen-bond acceptors (Lipinski definition) is 5. The summed E-state index contributed by atoms with van der Waals surface area (Å²) in [5.74, 6) is -1.83. The number of amides is 1. The third-order valence-corrected chi connectivity index (χ3v) is 4.15. The normalized spacial score (nSPS) is 10.6. The lowest BCUT2D eigenvalue weighted by Gasteiger charge is -2.09. The smallest absolute Gasteiger partial charge is 0.341 e. The van der Waals surface area contributed by atoms with E-state index in [1.807, 2.05) is 0 Å². The monoisotopic (exact) mass is 433 g/mol. The number of ether oxygens (including phenoxy) is 1. The Morgan fingerprint density at radius 2 is 1.96 bits per heavy atom. The number of esters is 1. The van der Waals surface area contributed by atoms with E-state index in [1.54, 1.807) is 12.1 Å². The number of hydrogen-bond donors (Lipinski definition) is 1. The van der Waals surface area contributed by atoms with E-state index in [4.69, 9.17) is 9.15 Å². The van der Waals surface area contributed by atoms with Crippen LogP contribution in [0.3, 0.4) is 0 Å². The van der Waals surface area contributed by atoms with Crippen LogP contribution in [0.1, 0.15) is 22.8 Å². The van der Waals surface area contributed by atoms with Gasteiger partial charge in [-0.15, -0.1) is 0 Å². The van der Waals surface area contributed by atoms with Gasteiger partial charge in [0.15, 0.2) is 0 Å². The van der Waals surface area contributed by atoms with Gasteiger partial charge < -0.3 is 14.5 Å². The molecule has 0 saturated heterocycles. The van der Waals surface area contributed by atoms with Crippen LogP contribution in [0.25, 0.3) is 11.0 Å². The molecule has 0 aliphatic heterocycles. The Balaban J connectivity index is 1.87. The number of rotatable bonds is 4. The number of nitrogens with one attached hydrogen (secondary N) is 1. The molecule has 3 rings (SSSR count). The summed E-state index contributed by atoms with van der Waals surface area (Å²) < 4.78 is 24.6. The minimum absolute atomic E-state index is 0.210. The summed E-state index contributed by atoms with van der Waals surface area (Å²) in [6.45, 7) is 1.12. The highest BCUT2D eigenvalue weighted by Crippen LogP contribution is 2.23. The van der Waals surface area contributed by atoms with Crippen LogP contribution in [-0.2, 0) is 16.1 Å². The number of fused-ring (bicyclic) bond motifs is 1. The van der Waals surface area contributed by atoms with Crippen LogP contribution < -0.4 is 10.9 Å². The summed E-state index contributed by atoms with van der Waals surface area (Å²) in [6, 6.07) is 9.95. The number of carbonyl (C=O) groups is 2. The Kier molecular flexibility index (Phi) is 5.36. The Morgan fingerprint density at radius 3 is 2.67 bits per heavy atom. The molecule has 27 heavy (non-hydrogen) atoms. The molecular weight excluding hydrogens is 421 g/mol. The van der Waals surface area contributed by atoms with Gasteiger partial charge in [-0.05, 0) is 30.3 Å². The predicted molar refractivity (Wildman–Crippen MR) is 100 cm³/mol. The fraction of sp³-hybridized carbons (Fsp3) is 0.105. The Bertz CT molecular complexity index is 1110. The molecule has 3 aromatic rings. The lowest BCUT2D eigenvalue weighted by atomic mass is 10.1. The molecule has 0 saturated carbocycles. The molecule has 1 aromatic heterocycles. The van der Waals surface area contributed by atoms with E-state index in [0.717, 1.165) is 6.07 Å². The molecule has 2 aromatic carbocycles. The second-order valence-electron chi connectivity index (χ2n) is 5.68. The first-order chi connectivity index (χ1) is 12.8. The van der Waals surface area contributed by atoms with Crippen molar-refractivity contribution in [3.05, 3.63) is 74.3 Å². The fourth-order valence-corrected chi connectivity index (χ4v) is 2.84. The van der Waals surface area contributed by atoms with Gasteiger partial charge in [-0.3, -0.25) is 4.79 Å². The van der Waals surface area contributed by atoms with Crippen LogP contribution in [0.5, 0.6) is 0 Å². The van der Waals surface area contributed by atoms with Gasteiger partial charge in [0.25, 0.3) is 0 Å². The van der Waals surface area contributed by atoms with Crippen molar-refractivity contribution in [2.75, 3.05) is 5.32 Å². The van der Waals surface area contributed by atoms with E-state index in [1.165, 1.54) is 31.2 Å². The first-order valence-electron chi connectivity index (χ1n) is 7.80. The zero-order chi connectivity index (χ0) is 19.6. The van der Waals surface area contributed by atoms with Crippen LogP contribution >= 0.6 is 15.9 Å². The van der Waals surface area contributed by atoms with Crippen LogP contribution in [0, 0.1) is 5.82 Å². The highest BCUT2D eigenvalue weighted by Gasteiger charge is 2.15. The lowest BCUT2D eigenvalue weighted by molar-refractivity contribution is -0.114. The zero-order valence-corrected chi connectivity index (χ0v) is 15.6. The van der Waals surface area contributed by atoms with Crippen molar-refractivity contribution < 1.29 is 23.1 Å².